The molecule has 106 valence electrons. The molecule has 1 N–H and O–H groups in total. The van der Waals surface area contributed by atoms with Crippen LogP contribution in [0.3, 0.4) is 0 Å². The molecule has 0 radical (unpaired) electrons. The number of amides is 1. The molecule has 1 aromatic carbocycles. The van der Waals surface area contributed by atoms with Crippen molar-refractivity contribution in [1.29, 1.82) is 0 Å². The van der Waals surface area contributed by atoms with Crippen LogP contribution in [0.25, 0.3) is 0 Å². The molecule has 0 aliphatic carbocycles. The number of halogens is 2. The second-order valence-electron chi connectivity index (χ2n) is 3.86. The molecule has 1 rings (SSSR count). The Morgan fingerprint density at radius 2 is 1.79 bits per heavy atom. The first kappa shape index (κ1) is 16.2. The fraction of sp³-hybridized carbons (Fsp3) is 0.364. The van der Waals surface area contributed by atoms with Crippen molar-refractivity contribution < 1.29 is 13.2 Å². The number of hydrogen-bond acceptors (Lipinski definition) is 3. The lowest BCUT2D eigenvalue weighted by Crippen LogP contribution is -2.35. The van der Waals surface area contributed by atoms with E-state index < -0.39 is 15.9 Å². The molecule has 0 atom stereocenters. The van der Waals surface area contributed by atoms with Gasteiger partial charge in [-0.25, -0.2) is 8.42 Å². The van der Waals surface area contributed by atoms with Gasteiger partial charge in [-0.3, -0.25) is 4.79 Å². The van der Waals surface area contributed by atoms with Crippen molar-refractivity contribution in [3.05, 3.63) is 28.2 Å². The zero-order chi connectivity index (χ0) is 14.6. The first-order valence-corrected chi connectivity index (χ1v) is 7.81. The first-order valence-electron chi connectivity index (χ1n) is 5.44. The number of carbonyl (C=O) groups is 1. The van der Waals surface area contributed by atoms with Crippen molar-refractivity contribution in [3.63, 3.8) is 0 Å². The van der Waals surface area contributed by atoms with E-state index in [2.05, 4.69) is 5.32 Å². The molecule has 8 heteroatoms. The van der Waals surface area contributed by atoms with Gasteiger partial charge in [0, 0.05) is 22.8 Å². The van der Waals surface area contributed by atoms with Crippen LogP contribution in [-0.4, -0.2) is 38.0 Å². The van der Waals surface area contributed by atoms with Gasteiger partial charge >= 0.3 is 0 Å². The Balaban J connectivity index is 2.71. The summed E-state index contributed by atoms with van der Waals surface area (Å²) in [5.41, 5.74) is 0.421. The van der Waals surface area contributed by atoms with Gasteiger partial charge in [0.15, 0.2) is 0 Å². The monoisotopic (exact) mass is 324 g/mol. The van der Waals surface area contributed by atoms with Gasteiger partial charge in [-0.15, -0.1) is 0 Å². The zero-order valence-corrected chi connectivity index (χ0v) is 12.8. The van der Waals surface area contributed by atoms with Crippen molar-refractivity contribution in [2.45, 2.75) is 6.92 Å². The lowest BCUT2D eigenvalue weighted by atomic mass is 10.3. The summed E-state index contributed by atoms with van der Waals surface area (Å²) >= 11 is 11.6. The maximum atomic E-state index is 11.7. The summed E-state index contributed by atoms with van der Waals surface area (Å²) in [5.74, 6) is -0.516. The summed E-state index contributed by atoms with van der Waals surface area (Å²) in [5, 5.41) is 3.31. The standard InChI is InChI=1S/C11H14Cl2N2O3S/c1-3-19(17,18)15(2)7-11(16)14-10-5-8(12)4-9(13)6-10/h4-6H,3,7H2,1-2H3,(H,14,16). The molecule has 0 saturated carbocycles. The van der Waals surface area contributed by atoms with Gasteiger partial charge in [0.1, 0.15) is 0 Å². The Labute approximate surface area is 122 Å². The van der Waals surface area contributed by atoms with E-state index >= 15 is 0 Å². The zero-order valence-electron chi connectivity index (χ0n) is 10.5. The third-order valence-corrected chi connectivity index (χ3v) is 4.60. The van der Waals surface area contributed by atoms with Crippen molar-refractivity contribution >= 4 is 44.8 Å². The van der Waals surface area contributed by atoms with Gasteiger partial charge in [-0.05, 0) is 25.1 Å². The third-order valence-electron chi connectivity index (χ3n) is 2.35. The number of carbonyl (C=O) groups excluding carboxylic acids is 1. The van der Waals surface area contributed by atoms with Gasteiger partial charge in [0.05, 0.1) is 12.3 Å². The quantitative estimate of drug-likeness (QED) is 0.903. The molecular weight excluding hydrogens is 311 g/mol. The Morgan fingerprint density at radius 3 is 2.26 bits per heavy atom. The van der Waals surface area contributed by atoms with Crippen molar-refractivity contribution in [2.24, 2.45) is 0 Å². The van der Waals surface area contributed by atoms with E-state index in [1.54, 1.807) is 0 Å². The lowest BCUT2D eigenvalue weighted by Gasteiger charge is -2.15. The lowest BCUT2D eigenvalue weighted by molar-refractivity contribution is -0.116. The SMILES string of the molecule is CCS(=O)(=O)N(C)CC(=O)Nc1cc(Cl)cc(Cl)c1. The molecule has 0 aromatic heterocycles. The van der Waals surface area contributed by atoms with Crippen molar-refractivity contribution in [1.82, 2.24) is 4.31 Å². The molecule has 0 fully saturated rings. The summed E-state index contributed by atoms with van der Waals surface area (Å²) < 4.78 is 24.0. The Morgan fingerprint density at radius 1 is 1.26 bits per heavy atom. The van der Waals surface area contributed by atoms with Gasteiger partial charge in [-0.2, -0.15) is 4.31 Å². The highest BCUT2D eigenvalue weighted by Crippen LogP contribution is 2.22. The molecule has 0 bridgehead atoms. The number of nitrogens with one attached hydrogen (secondary N) is 1. The van der Waals surface area contributed by atoms with E-state index in [1.807, 2.05) is 0 Å². The first-order chi connectivity index (χ1) is 8.74. The number of likely N-dealkylation sites (N-methyl/N-ethyl adjacent to an activating group) is 1. The fourth-order valence-electron chi connectivity index (χ4n) is 1.35. The molecule has 0 unspecified atom stereocenters. The van der Waals surface area contributed by atoms with Crippen LogP contribution >= 0.6 is 23.2 Å². The molecule has 0 aliphatic rings. The molecule has 0 aliphatic heterocycles. The van der Waals surface area contributed by atoms with E-state index in [4.69, 9.17) is 23.2 Å². The predicted octanol–water partition coefficient (Wildman–Crippen LogP) is 2.21. The number of anilines is 1. The van der Waals surface area contributed by atoms with Crippen LogP contribution in [0.2, 0.25) is 10.0 Å². The van der Waals surface area contributed by atoms with Crippen LogP contribution < -0.4 is 5.32 Å². The predicted molar refractivity (Wildman–Crippen MR) is 77.2 cm³/mol. The highest BCUT2D eigenvalue weighted by atomic mass is 35.5. The maximum absolute atomic E-state index is 11.7. The summed E-state index contributed by atoms with van der Waals surface area (Å²) in [7, 11) is -2.03. The molecule has 0 saturated heterocycles. The van der Waals surface area contributed by atoms with E-state index in [1.165, 1.54) is 32.2 Å². The highest BCUT2D eigenvalue weighted by molar-refractivity contribution is 7.89. The Hall–Kier alpha value is -0.820. The second kappa shape index (κ2) is 6.56. The van der Waals surface area contributed by atoms with E-state index in [9.17, 15) is 13.2 Å². The molecular formula is C11H14Cl2N2O3S. The molecule has 0 spiro atoms. The van der Waals surface area contributed by atoms with E-state index in [0.29, 0.717) is 15.7 Å². The fourth-order valence-corrected chi connectivity index (χ4v) is 2.63. The average Bonchev–Trinajstić information content (AvgIpc) is 2.27. The highest BCUT2D eigenvalue weighted by Gasteiger charge is 2.18. The van der Waals surface area contributed by atoms with Crippen molar-refractivity contribution in [2.75, 3.05) is 24.7 Å². The van der Waals surface area contributed by atoms with E-state index in [-0.39, 0.29) is 12.3 Å². The number of benzene rings is 1. The largest absolute Gasteiger partial charge is 0.325 e. The summed E-state index contributed by atoms with van der Waals surface area (Å²) in [6.45, 7) is 1.25. The summed E-state index contributed by atoms with van der Waals surface area (Å²) in [6.07, 6.45) is 0. The number of rotatable bonds is 5. The smallest absolute Gasteiger partial charge is 0.239 e. The summed E-state index contributed by atoms with van der Waals surface area (Å²) in [6, 6.07) is 4.59. The molecule has 19 heavy (non-hydrogen) atoms. The Bertz CT molecular complexity index is 555. The van der Waals surface area contributed by atoms with Crippen molar-refractivity contribution in [3.8, 4) is 0 Å². The minimum absolute atomic E-state index is 0.0558. The van der Waals surface area contributed by atoms with Crippen LogP contribution in [0.15, 0.2) is 18.2 Å². The Kier molecular flexibility index (Phi) is 5.61. The topological polar surface area (TPSA) is 66.5 Å². The van der Waals surface area contributed by atoms with Gasteiger partial charge < -0.3 is 5.32 Å². The summed E-state index contributed by atoms with van der Waals surface area (Å²) in [4.78, 5) is 11.7. The molecule has 1 amide bonds. The van der Waals surface area contributed by atoms with Crippen LogP contribution in [0.4, 0.5) is 5.69 Å². The molecule has 1 aromatic rings. The van der Waals surface area contributed by atoms with E-state index in [0.717, 1.165) is 4.31 Å². The van der Waals surface area contributed by atoms with Crippen LogP contribution in [0.5, 0.6) is 0 Å². The second-order valence-corrected chi connectivity index (χ2v) is 7.10. The maximum Gasteiger partial charge on any atom is 0.239 e. The van der Waals surface area contributed by atoms with Gasteiger partial charge in [0.2, 0.25) is 15.9 Å². The minimum atomic E-state index is -3.38. The average molecular weight is 325 g/mol. The van der Waals surface area contributed by atoms with Crippen LogP contribution in [0, 0.1) is 0 Å². The minimum Gasteiger partial charge on any atom is -0.325 e. The third kappa shape index (κ3) is 4.99. The number of sulfonamides is 1. The normalized spacial score (nSPS) is 11.6. The van der Waals surface area contributed by atoms with Crippen LogP contribution in [0.1, 0.15) is 6.92 Å². The number of nitrogens with zero attached hydrogens (tertiary/aromatic N) is 1. The molecule has 5 nitrogen and oxygen atoms in total. The van der Waals surface area contributed by atoms with Gasteiger partial charge in [0.25, 0.3) is 0 Å². The molecule has 0 heterocycles. The number of hydrogen-bond donors (Lipinski definition) is 1. The van der Waals surface area contributed by atoms with Gasteiger partial charge in [-0.1, -0.05) is 23.2 Å². The van der Waals surface area contributed by atoms with Crippen LogP contribution in [-0.2, 0) is 14.8 Å².